The zero-order chi connectivity index (χ0) is 19.8. The lowest BCUT2D eigenvalue weighted by atomic mass is 10.2. The number of hydrogen-bond acceptors (Lipinski definition) is 3. The first-order valence-corrected chi connectivity index (χ1v) is 10.0. The summed E-state index contributed by atoms with van der Waals surface area (Å²) in [4.78, 5) is 13.7. The molecule has 0 aliphatic rings. The Bertz CT molecular complexity index is 917. The van der Waals surface area contributed by atoms with Gasteiger partial charge in [0.15, 0.2) is 5.96 Å². The number of fused-ring (bicyclic) bond motifs is 1. The van der Waals surface area contributed by atoms with Crippen molar-refractivity contribution in [3.8, 4) is 0 Å². The molecule has 3 rings (SSSR count). The summed E-state index contributed by atoms with van der Waals surface area (Å²) >= 11 is 0. The van der Waals surface area contributed by atoms with Gasteiger partial charge in [-0.1, -0.05) is 18.2 Å². The number of halogens is 1. The molecule has 0 aliphatic carbocycles. The molecule has 0 atom stereocenters. The van der Waals surface area contributed by atoms with Gasteiger partial charge in [0, 0.05) is 38.1 Å². The fourth-order valence-corrected chi connectivity index (χ4v) is 3.21. The number of aryl methyl sites for hydroxylation is 3. The highest BCUT2D eigenvalue weighted by molar-refractivity contribution is 14.0. The molecule has 0 spiro atoms. The van der Waals surface area contributed by atoms with Crippen LogP contribution in [0.4, 0.5) is 0 Å². The van der Waals surface area contributed by atoms with E-state index in [2.05, 4.69) is 69.3 Å². The van der Waals surface area contributed by atoms with E-state index in [1.54, 1.807) is 0 Å². The molecule has 0 amide bonds. The first-order chi connectivity index (χ1) is 13.7. The van der Waals surface area contributed by atoms with Crippen molar-refractivity contribution in [1.29, 1.82) is 0 Å². The predicted molar refractivity (Wildman–Crippen MR) is 131 cm³/mol. The van der Waals surface area contributed by atoms with Crippen LogP contribution in [0.3, 0.4) is 0 Å². The van der Waals surface area contributed by atoms with Crippen LogP contribution in [0, 0.1) is 13.8 Å². The summed E-state index contributed by atoms with van der Waals surface area (Å²) in [6.45, 7) is 9.53. The number of nitrogens with zero attached hydrogens (tertiary/aromatic N) is 4. The minimum Gasteiger partial charge on any atom is -0.357 e. The molecular formula is C22H31IN6. The quantitative estimate of drug-likeness (QED) is 0.211. The second-order valence-corrected chi connectivity index (χ2v) is 6.90. The Morgan fingerprint density at radius 1 is 1.10 bits per heavy atom. The largest absolute Gasteiger partial charge is 0.357 e. The van der Waals surface area contributed by atoms with Crippen LogP contribution in [-0.4, -0.2) is 40.1 Å². The molecule has 156 valence electrons. The Labute approximate surface area is 190 Å². The Morgan fingerprint density at radius 2 is 1.93 bits per heavy atom. The minimum absolute atomic E-state index is 0. The molecule has 1 aromatic carbocycles. The number of guanidine groups is 1. The van der Waals surface area contributed by atoms with Crippen LogP contribution in [-0.2, 0) is 13.0 Å². The summed E-state index contributed by atoms with van der Waals surface area (Å²) < 4.78 is 2.27. The lowest BCUT2D eigenvalue weighted by molar-refractivity contribution is 0.646. The zero-order valence-electron chi connectivity index (χ0n) is 17.5. The molecule has 7 heteroatoms. The monoisotopic (exact) mass is 506 g/mol. The van der Waals surface area contributed by atoms with Crippen LogP contribution in [0.25, 0.3) is 11.0 Å². The van der Waals surface area contributed by atoms with Crippen LogP contribution >= 0.6 is 24.0 Å². The average molecular weight is 506 g/mol. The number of pyridine rings is 1. The van der Waals surface area contributed by atoms with Crippen LogP contribution in [0.1, 0.15) is 30.4 Å². The number of imidazole rings is 1. The number of aliphatic imine (C=N–C) groups is 1. The fourth-order valence-electron chi connectivity index (χ4n) is 3.21. The summed E-state index contributed by atoms with van der Waals surface area (Å²) in [6.07, 6.45) is 3.84. The maximum atomic E-state index is 4.71. The Balaban J connectivity index is 0.00000300. The van der Waals surface area contributed by atoms with E-state index in [9.17, 15) is 0 Å². The predicted octanol–water partition coefficient (Wildman–Crippen LogP) is 3.85. The Morgan fingerprint density at radius 3 is 2.69 bits per heavy atom. The molecule has 0 aliphatic heterocycles. The van der Waals surface area contributed by atoms with Crippen molar-refractivity contribution in [3.63, 3.8) is 0 Å². The van der Waals surface area contributed by atoms with Gasteiger partial charge in [0.25, 0.3) is 0 Å². The van der Waals surface area contributed by atoms with Crippen molar-refractivity contribution >= 4 is 41.0 Å². The fraction of sp³-hybridized carbons (Fsp3) is 0.409. The van der Waals surface area contributed by atoms with E-state index in [4.69, 9.17) is 4.99 Å². The van der Waals surface area contributed by atoms with Gasteiger partial charge in [0.2, 0.25) is 0 Å². The third kappa shape index (κ3) is 6.69. The number of rotatable bonds is 8. The van der Waals surface area contributed by atoms with Gasteiger partial charge < -0.3 is 15.2 Å². The van der Waals surface area contributed by atoms with Gasteiger partial charge in [0.05, 0.1) is 11.0 Å². The summed E-state index contributed by atoms with van der Waals surface area (Å²) in [5.41, 5.74) is 4.54. The van der Waals surface area contributed by atoms with Gasteiger partial charge >= 0.3 is 0 Å². The highest BCUT2D eigenvalue weighted by Gasteiger charge is 2.06. The van der Waals surface area contributed by atoms with Crippen molar-refractivity contribution < 1.29 is 0 Å². The summed E-state index contributed by atoms with van der Waals surface area (Å²) in [5.74, 6) is 1.93. The van der Waals surface area contributed by atoms with Crippen molar-refractivity contribution in [2.24, 2.45) is 4.99 Å². The highest BCUT2D eigenvalue weighted by Crippen LogP contribution is 2.15. The second-order valence-electron chi connectivity index (χ2n) is 6.90. The third-order valence-corrected chi connectivity index (χ3v) is 4.68. The molecule has 0 saturated heterocycles. The molecule has 29 heavy (non-hydrogen) atoms. The second kappa shape index (κ2) is 11.7. The number of para-hydroxylation sites is 2. The molecule has 0 radical (unpaired) electrons. The number of aromatic nitrogens is 3. The van der Waals surface area contributed by atoms with E-state index in [0.29, 0.717) is 0 Å². The van der Waals surface area contributed by atoms with E-state index >= 15 is 0 Å². The summed E-state index contributed by atoms with van der Waals surface area (Å²) in [7, 11) is 0. The lowest BCUT2D eigenvalue weighted by Crippen LogP contribution is -2.38. The number of benzene rings is 1. The SMILES string of the molecule is CCNC(=NCCCn1c(C)nc2ccccc21)NCCc1ccc(C)nc1.I. The highest BCUT2D eigenvalue weighted by atomic mass is 127. The maximum absolute atomic E-state index is 4.71. The molecule has 3 aromatic rings. The molecule has 0 bridgehead atoms. The molecule has 2 N–H and O–H groups in total. The van der Waals surface area contributed by atoms with Gasteiger partial charge in [-0.15, -0.1) is 24.0 Å². The summed E-state index contributed by atoms with van der Waals surface area (Å²) in [5, 5.41) is 6.73. The zero-order valence-corrected chi connectivity index (χ0v) is 19.8. The van der Waals surface area contributed by atoms with Crippen molar-refractivity contribution in [2.75, 3.05) is 19.6 Å². The van der Waals surface area contributed by atoms with E-state index in [1.807, 2.05) is 19.2 Å². The Kier molecular flexibility index (Phi) is 9.37. The van der Waals surface area contributed by atoms with E-state index in [-0.39, 0.29) is 24.0 Å². The normalized spacial score (nSPS) is 11.3. The van der Waals surface area contributed by atoms with E-state index in [1.165, 1.54) is 11.1 Å². The minimum atomic E-state index is 0. The van der Waals surface area contributed by atoms with Crippen LogP contribution in [0.15, 0.2) is 47.6 Å². The molecule has 0 saturated carbocycles. The smallest absolute Gasteiger partial charge is 0.191 e. The topological polar surface area (TPSA) is 67.1 Å². The van der Waals surface area contributed by atoms with Crippen LogP contribution in [0.2, 0.25) is 0 Å². The Hall–Kier alpha value is -2.16. The molecule has 6 nitrogen and oxygen atoms in total. The molecule has 0 unspecified atom stereocenters. The first kappa shape index (κ1) is 23.1. The third-order valence-electron chi connectivity index (χ3n) is 4.68. The molecular weight excluding hydrogens is 475 g/mol. The number of hydrogen-bond donors (Lipinski definition) is 2. The molecule has 2 heterocycles. The van der Waals surface area contributed by atoms with Gasteiger partial charge in [-0.3, -0.25) is 9.98 Å². The van der Waals surface area contributed by atoms with Gasteiger partial charge in [0.1, 0.15) is 5.82 Å². The van der Waals surface area contributed by atoms with Gasteiger partial charge in [-0.05, 0) is 57.4 Å². The van der Waals surface area contributed by atoms with Crippen molar-refractivity contribution in [2.45, 2.75) is 40.2 Å². The molecule has 0 fully saturated rings. The standard InChI is InChI=1S/C22H30N6.HI/c1-4-23-22(25-14-12-19-11-10-17(2)26-16-19)24-13-7-15-28-18(3)27-20-8-5-6-9-21(20)28;/h5-6,8-11,16H,4,7,12-15H2,1-3H3,(H2,23,24,25);1H. The molecule has 2 aromatic heterocycles. The summed E-state index contributed by atoms with van der Waals surface area (Å²) in [6, 6.07) is 12.5. The van der Waals surface area contributed by atoms with Crippen LogP contribution < -0.4 is 10.6 Å². The van der Waals surface area contributed by atoms with Crippen molar-refractivity contribution in [3.05, 3.63) is 59.7 Å². The average Bonchev–Trinajstić information content (AvgIpc) is 3.02. The van der Waals surface area contributed by atoms with Gasteiger partial charge in [-0.25, -0.2) is 4.98 Å². The maximum Gasteiger partial charge on any atom is 0.191 e. The van der Waals surface area contributed by atoms with E-state index < -0.39 is 0 Å². The van der Waals surface area contributed by atoms with E-state index in [0.717, 1.165) is 62.0 Å². The van der Waals surface area contributed by atoms with Crippen molar-refractivity contribution in [1.82, 2.24) is 25.2 Å². The lowest BCUT2D eigenvalue weighted by Gasteiger charge is -2.11. The number of nitrogens with one attached hydrogen (secondary N) is 2. The van der Waals surface area contributed by atoms with Crippen LogP contribution in [0.5, 0.6) is 0 Å². The first-order valence-electron chi connectivity index (χ1n) is 10.0. The van der Waals surface area contributed by atoms with Gasteiger partial charge in [-0.2, -0.15) is 0 Å².